The summed E-state index contributed by atoms with van der Waals surface area (Å²) in [5, 5.41) is 12.5. The zero-order chi connectivity index (χ0) is 18.7. The average molecular weight is 367 g/mol. The summed E-state index contributed by atoms with van der Waals surface area (Å²) in [5.74, 6) is -1.05. The van der Waals surface area contributed by atoms with Crippen LogP contribution in [-0.2, 0) is 4.79 Å². The number of aromatic nitrogens is 2. The molecule has 0 aliphatic carbocycles. The molecule has 0 aliphatic rings. The van der Waals surface area contributed by atoms with Gasteiger partial charge in [-0.25, -0.2) is 14.8 Å². The number of thiazole rings is 1. The van der Waals surface area contributed by atoms with E-state index >= 15 is 0 Å². The Kier molecular flexibility index (Phi) is 5.09. The lowest BCUT2D eigenvalue weighted by molar-refractivity contribution is -0.116. The summed E-state index contributed by atoms with van der Waals surface area (Å²) in [5.41, 5.74) is 2.06. The molecule has 1 aromatic carbocycles. The Labute approximate surface area is 154 Å². The van der Waals surface area contributed by atoms with Crippen LogP contribution in [0.2, 0.25) is 0 Å². The van der Waals surface area contributed by atoms with Gasteiger partial charge in [0, 0.05) is 24.2 Å². The summed E-state index contributed by atoms with van der Waals surface area (Å²) >= 11 is 1.38. The van der Waals surface area contributed by atoms with Gasteiger partial charge in [0.25, 0.3) is 0 Å². The molecule has 2 heterocycles. The van der Waals surface area contributed by atoms with Crippen molar-refractivity contribution in [3.8, 4) is 0 Å². The maximum absolute atomic E-state index is 11.6. The van der Waals surface area contributed by atoms with Gasteiger partial charge in [-0.15, -0.1) is 11.3 Å². The Hall–Kier alpha value is -3.06. The molecule has 26 heavy (non-hydrogen) atoms. The highest BCUT2D eigenvalue weighted by Gasteiger charge is 2.13. The van der Waals surface area contributed by atoms with Gasteiger partial charge < -0.3 is 5.11 Å². The van der Waals surface area contributed by atoms with Crippen molar-refractivity contribution in [3.63, 3.8) is 0 Å². The Balaban J connectivity index is 1.93. The minimum absolute atomic E-state index is 0.0559. The Bertz CT molecular complexity index is 1010. The van der Waals surface area contributed by atoms with Crippen LogP contribution in [0.4, 0.5) is 5.13 Å². The van der Waals surface area contributed by atoms with Crippen LogP contribution in [0.3, 0.4) is 0 Å². The number of aromatic carboxylic acids is 1. The molecule has 0 unspecified atom stereocenters. The number of hydrogen-bond donors (Lipinski definition) is 1. The smallest absolute Gasteiger partial charge is 0.336 e. The van der Waals surface area contributed by atoms with Crippen LogP contribution < -0.4 is 4.90 Å². The first kappa shape index (κ1) is 17.8. The quantitative estimate of drug-likeness (QED) is 0.739. The second kappa shape index (κ2) is 7.45. The van der Waals surface area contributed by atoms with Crippen molar-refractivity contribution >= 4 is 51.4 Å². The van der Waals surface area contributed by atoms with Gasteiger partial charge in [0.05, 0.1) is 22.5 Å². The number of carboxylic acid groups (broad SMARTS) is 1. The fourth-order valence-corrected chi connectivity index (χ4v) is 3.50. The highest BCUT2D eigenvalue weighted by Crippen LogP contribution is 2.23. The van der Waals surface area contributed by atoms with Crippen LogP contribution in [0, 0.1) is 0 Å². The van der Waals surface area contributed by atoms with Crippen molar-refractivity contribution in [3.05, 3.63) is 52.7 Å². The summed E-state index contributed by atoms with van der Waals surface area (Å²) in [6.07, 6.45) is 3.48. The predicted molar refractivity (Wildman–Crippen MR) is 103 cm³/mol. The molecule has 0 saturated carbocycles. The first-order valence-electron chi connectivity index (χ1n) is 8.04. The van der Waals surface area contributed by atoms with Gasteiger partial charge in [0.1, 0.15) is 0 Å². The van der Waals surface area contributed by atoms with Crippen molar-refractivity contribution in [2.24, 2.45) is 0 Å². The van der Waals surface area contributed by atoms with Crippen LogP contribution in [0.5, 0.6) is 0 Å². The lowest BCUT2D eigenvalue weighted by Crippen LogP contribution is -2.27. The highest BCUT2D eigenvalue weighted by molar-refractivity contribution is 7.14. The average Bonchev–Trinajstić information content (AvgIpc) is 3.08. The van der Waals surface area contributed by atoms with E-state index in [-0.39, 0.29) is 11.5 Å². The summed E-state index contributed by atoms with van der Waals surface area (Å²) in [6, 6.07) is 8.68. The van der Waals surface area contributed by atoms with E-state index in [0.29, 0.717) is 34.0 Å². The van der Waals surface area contributed by atoms with Gasteiger partial charge in [-0.05, 0) is 31.2 Å². The molecule has 0 atom stereocenters. The van der Waals surface area contributed by atoms with Crippen molar-refractivity contribution in [2.45, 2.75) is 13.8 Å². The number of rotatable bonds is 5. The van der Waals surface area contributed by atoms with Crippen LogP contribution in [0.25, 0.3) is 23.1 Å². The molecule has 3 aromatic rings. The molecule has 0 aliphatic heterocycles. The number of carbonyl (C=O) groups excluding carboxylic acids is 1. The van der Waals surface area contributed by atoms with E-state index in [0.717, 1.165) is 0 Å². The van der Waals surface area contributed by atoms with E-state index in [4.69, 9.17) is 0 Å². The SMILES string of the molecule is CCN(C(C)=O)c1nc(/C=C/c2cc(C(=O)O)c3ccccc3n2)cs1. The summed E-state index contributed by atoms with van der Waals surface area (Å²) in [6.45, 7) is 3.96. The van der Waals surface area contributed by atoms with Crippen LogP contribution in [0.1, 0.15) is 35.6 Å². The number of pyridine rings is 1. The van der Waals surface area contributed by atoms with Gasteiger partial charge in [-0.1, -0.05) is 18.2 Å². The van der Waals surface area contributed by atoms with E-state index < -0.39 is 5.97 Å². The van der Waals surface area contributed by atoms with Crippen molar-refractivity contribution in [2.75, 3.05) is 11.4 Å². The maximum Gasteiger partial charge on any atom is 0.336 e. The second-order valence-electron chi connectivity index (χ2n) is 5.57. The number of carbonyl (C=O) groups is 2. The van der Waals surface area contributed by atoms with Gasteiger partial charge in [-0.3, -0.25) is 9.69 Å². The van der Waals surface area contributed by atoms with Gasteiger partial charge in [0.15, 0.2) is 5.13 Å². The molecule has 0 spiro atoms. The predicted octanol–water partition coefficient (Wildman–Crippen LogP) is 3.93. The molecule has 3 rings (SSSR count). The largest absolute Gasteiger partial charge is 0.478 e. The van der Waals surface area contributed by atoms with E-state index in [1.54, 1.807) is 41.3 Å². The fraction of sp³-hybridized carbons (Fsp3) is 0.158. The molecular formula is C19H17N3O3S. The topological polar surface area (TPSA) is 83.4 Å². The monoisotopic (exact) mass is 367 g/mol. The van der Waals surface area contributed by atoms with Crippen molar-refractivity contribution in [1.82, 2.24) is 9.97 Å². The number of carboxylic acids is 1. The third-order valence-electron chi connectivity index (χ3n) is 3.83. The molecule has 0 saturated heterocycles. The fourth-order valence-electron chi connectivity index (χ4n) is 2.60. The Morgan fingerprint density at radius 2 is 1.92 bits per heavy atom. The molecule has 0 bridgehead atoms. The van der Waals surface area contributed by atoms with E-state index in [1.165, 1.54) is 18.3 Å². The third kappa shape index (κ3) is 3.62. The molecule has 1 amide bonds. The lowest BCUT2D eigenvalue weighted by atomic mass is 10.1. The molecule has 0 radical (unpaired) electrons. The van der Waals surface area contributed by atoms with Gasteiger partial charge >= 0.3 is 5.97 Å². The van der Waals surface area contributed by atoms with E-state index in [2.05, 4.69) is 9.97 Å². The minimum Gasteiger partial charge on any atom is -0.478 e. The molecule has 2 aromatic heterocycles. The first-order valence-corrected chi connectivity index (χ1v) is 8.92. The summed E-state index contributed by atoms with van der Waals surface area (Å²) in [7, 11) is 0. The zero-order valence-corrected chi connectivity index (χ0v) is 15.2. The summed E-state index contributed by atoms with van der Waals surface area (Å²) < 4.78 is 0. The number of hydrogen-bond acceptors (Lipinski definition) is 5. The normalized spacial score (nSPS) is 11.2. The van der Waals surface area contributed by atoms with Gasteiger partial charge in [0.2, 0.25) is 5.91 Å². The minimum atomic E-state index is -0.991. The van der Waals surface area contributed by atoms with E-state index in [1.807, 2.05) is 18.4 Å². The molecule has 0 fully saturated rings. The number of para-hydroxylation sites is 1. The number of benzene rings is 1. The molecular weight excluding hydrogens is 350 g/mol. The van der Waals surface area contributed by atoms with Crippen LogP contribution >= 0.6 is 11.3 Å². The molecule has 6 nitrogen and oxygen atoms in total. The highest BCUT2D eigenvalue weighted by atomic mass is 32.1. The Morgan fingerprint density at radius 3 is 2.62 bits per heavy atom. The van der Waals surface area contributed by atoms with Gasteiger partial charge in [-0.2, -0.15) is 0 Å². The van der Waals surface area contributed by atoms with Crippen LogP contribution in [0.15, 0.2) is 35.7 Å². The zero-order valence-electron chi connectivity index (χ0n) is 14.3. The number of nitrogens with zero attached hydrogens (tertiary/aromatic N) is 3. The third-order valence-corrected chi connectivity index (χ3v) is 4.71. The standard InChI is InChI=1S/C19H17N3O3S/c1-3-22(12(2)23)19-21-14(11-26-19)9-8-13-10-16(18(24)25)15-6-4-5-7-17(15)20-13/h4-11H,3H2,1-2H3,(H,24,25)/b9-8+. The number of anilines is 1. The van der Waals surface area contributed by atoms with Crippen molar-refractivity contribution < 1.29 is 14.7 Å². The maximum atomic E-state index is 11.6. The molecule has 132 valence electrons. The van der Waals surface area contributed by atoms with Crippen LogP contribution in [-0.4, -0.2) is 33.5 Å². The number of fused-ring (bicyclic) bond motifs is 1. The molecule has 7 heteroatoms. The first-order chi connectivity index (χ1) is 12.5. The second-order valence-corrected chi connectivity index (χ2v) is 6.41. The molecule has 1 N–H and O–H groups in total. The Morgan fingerprint density at radius 1 is 1.19 bits per heavy atom. The number of amides is 1. The van der Waals surface area contributed by atoms with Crippen molar-refractivity contribution in [1.29, 1.82) is 0 Å². The van der Waals surface area contributed by atoms with E-state index in [9.17, 15) is 14.7 Å². The summed E-state index contributed by atoms with van der Waals surface area (Å²) in [4.78, 5) is 33.6. The lowest BCUT2D eigenvalue weighted by Gasteiger charge is -2.14.